The number of ether oxygens (including phenoxy) is 2. The van der Waals surface area contributed by atoms with Crippen LogP contribution < -0.4 is 4.74 Å². The predicted molar refractivity (Wildman–Crippen MR) is 89.8 cm³/mol. The molecule has 1 aromatic heterocycles. The number of hydrogen-bond donors (Lipinski definition) is 0. The Morgan fingerprint density at radius 3 is 2.79 bits per heavy atom. The summed E-state index contributed by atoms with van der Waals surface area (Å²) in [6, 6.07) is 14.2. The molecule has 5 heteroatoms. The summed E-state index contributed by atoms with van der Waals surface area (Å²) >= 11 is 0. The third-order valence-electron chi connectivity index (χ3n) is 4.29. The van der Waals surface area contributed by atoms with Crippen LogP contribution in [0.2, 0.25) is 0 Å². The van der Waals surface area contributed by atoms with Crippen molar-refractivity contribution in [1.82, 2.24) is 10.2 Å². The van der Waals surface area contributed by atoms with Gasteiger partial charge >= 0.3 is 0 Å². The van der Waals surface area contributed by atoms with Gasteiger partial charge in [-0.2, -0.15) is 0 Å². The van der Waals surface area contributed by atoms with Crippen LogP contribution in [-0.2, 0) is 4.74 Å². The molecule has 0 amide bonds. The molecule has 0 bridgehead atoms. The molecule has 124 valence electrons. The predicted octanol–water partition coefficient (Wildman–Crippen LogP) is 4.60. The fraction of sp³-hybridized carbons (Fsp3) is 0.368. The minimum Gasteiger partial charge on any atom is -0.481 e. The first-order chi connectivity index (χ1) is 11.8. The molecule has 0 saturated carbocycles. The van der Waals surface area contributed by atoms with Gasteiger partial charge in [0.25, 0.3) is 5.89 Å². The number of fused-ring (bicyclic) bond motifs is 1. The summed E-state index contributed by atoms with van der Waals surface area (Å²) < 4.78 is 17.4. The smallest absolute Gasteiger partial charge is 0.256 e. The molecule has 24 heavy (non-hydrogen) atoms. The van der Waals surface area contributed by atoms with Crippen LogP contribution in [-0.4, -0.2) is 16.8 Å². The second kappa shape index (κ2) is 6.61. The molecule has 1 aliphatic rings. The monoisotopic (exact) mass is 324 g/mol. The van der Waals surface area contributed by atoms with E-state index in [1.807, 2.05) is 37.3 Å². The first kappa shape index (κ1) is 15.1. The third-order valence-corrected chi connectivity index (χ3v) is 4.29. The van der Waals surface area contributed by atoms with E-state index in [0.29, 0.717) is 11.8 Å². The standard InChI is InChI=1S/C19H20N2O3/c1-13(18-20-21-19(24-18)17-8-4-5-11-22-17)23-16-10-9-14-6-2-3-7-15(14)12-16/h2-3,6-7,9-10,12-13,17H,4-5,8,11H2,1H3/t13-,17+/m0/s1. The highest BCUT2D eigenvalue weighted by Gasteiger charge is 2.24. The Balaban J connectivity index is 1.48. The second-order valence-electron chi connectivity index (χ2n) is 6.10. The van der Waals surface area contributed by atoms with Crippen molar-refractivity contribution in [3.8, 4) is 5.75 Å². The van der Waals surface area contributed by atoms with Crippen LogP contribution in [0.5, 0.6) is 5.75 Å². The minimum atomic E-state index is -0.309. The number of hydrogen-bond acceptors (Lipinski definition) is 5. The molecular formula is C19H20N2O3. The van der Waals surface area contributed by atoms with Crippen molar-refractivity contribution in [2.75, 3.05) is 6.61 Å². The van der Waals surface area contributed by atoms with Gasteiger partial charge in [-0.05, 0) is 49.1 Å². The molecule has 1 fully saturated rings. The minimum absolute atomic E-state index is 0.0760. The topological polar surface area (TPSA) is 57.4 Å². The zero-order chi connectivity index (χ0) is 16.4. The lowest BCUT2D eigenvalue weighted by Gasteiger charge is -2.19. The van der Waals surface area contributed by atoms with Gasteiger partial charge in [0.15, 0.2) is 6.10 Å². The van der Waals surface area contributed by atoms with E-state index in [2.05, 4.69) is 22.3 Å². The maximum atomic E-state index is 5.97. The summed E-state index contributed by atoms with van der Waals surface area (Å²) in [4.78, 5) is 0. The fourth-order valence-corrected chi connectivity index (χ4v) is 2.97. The molecule has 1 saturated heterocycles. The average Bonchev–Trinajstić information content (AvgIpc) is 3.13. The fourth-order valence-electron chi connectivity index (χ4n) is 2.97. The summed E-state index contributed by atoms with van der Waals surface area (Å²) in [5, 5.41) is 10.6. The Morgan fingerprint density at radius 1 is 1.08 bits per heavy atom. The number of benzene rings is 2. The number of aromatic nitrogens is 2. The molecule has 0 aliphatic carbocycles. The molecule has 0 N–H and O–H groups in total. The molecular weight excluding hydrogens is 304 g/mol. The highest BCUT2D eigenvalue weighted by atomic mass is 16.5. The highest BCUT2D eigenvalue weighted by molar-refractivity contribution is 5.83. The van der Waals surface area contributed by atoms with Gasteiger partial charge in [0.05, 0.1) is 0 Å². The molecule has 5 nitrogen and oxygen atoms in total. The summed E-state index contributed by atoms with van der Waals surface area (Å²) in [5.41, 5.74) is 0. The zero-order valence-corrected chi connectivity index (χ0v) is 13.6. The van der Waals surface area contributed by atoms with Crippen LogP contribution >= 0.6 is 0 Å². The van der Waals surface area contributed by atoms with E-state index in [1.54, 1.807) is 0 Å². The van der Waals surface area contributed by atoms with E-state index in [4.69, 9.17) is 13.9 Å². The normalized spacial score (nSPS) is 19.3. The van der Waals surface area contributed by atoms with E-state index in [9.17, 15) is 0 Å². The highest BCUT2D eigenvalue weighted by Crippen LogP contribution is 2.29. The molecule has 0 radical (unpaired) electrons. The van der Waals surface area contributed by atoms with Gasteiger partial charge in [0.1, 0.15) is 11.9 Å². The van der Waals surface area contributed by atoms with Gasteiger partial charge < -0.3 is 13.9 Å². The van der Waals surface area contributed by atoms with Crippen molar-refractivity contribution in [3.63, 3.8) is 0 Å². The molecule has 2 atom stereocenters. The Hall–Kier alpha value is -2.40. The lowest BCUT2D eigenvalue weighted by atomic mass is 10.1. The van der Waals surface area contributed by atoms with Crippen LogP contribution in [0.15, 0.2) is 46.9 Å². The lowest BCUT2D eigenvalue weighted by Crippen LogP contribution is -2.11. The van der Waals surface area contributed by atoms with Crippen molar-refractivity contribution >= 4 is 10.8 Å². The summed E-state index contributed by atoms with van der Waals surface area (Å²) in [6.07, 6.45) is 2.77. The summed E-state index contributed by atoms with van der Waals surface area (Å²) in [7, 11) is 0. The molecule has 2 heterocycles. The molecule has 2 aromatic carbocycles. The Kier molecular flexibility index (Phi) is 4.17. The maximum Gasteiger partial charge on any atom is 0.256 e. The second-order valence-corrected chi connectivity index (χ2v) is 6.10. The van der Waals surface area contributed by atoms with Crippen molar-refractivity contribution < 1.29 is 13.9 Å². The quantitative estimate of drug-likeness (QED) is 0.701. The van der Waals surface area contributed by atoms with Gasteiger partial charge in [-0.1, -0.05) is 30.3 Å². The van der Waals surface area contributed by atoms with E-state index in [-0.39, 0.29) is 12.2 Å². The zero-order valence-electron chi connectivity index (χ0n) is 13.6. The Labute approximate surface area is 140 Å². The van der Waals surface area contributed by atoms with Crippen LogP contribution in [0.3, 0.4) is 0 Å². The van der Waals surface area contributed by atoms with Crippen LogP contribution in [0, 0.1) is 0 Å². The van der Waals surface area contributed by atoms with Gasteiger partial charge in [-0.25, -0.2) is 0 Å². The molecule has 0 spiro atoms. The lowest BCUT2D eigenvalue weighted by molar-refractivity contribution is -0.00311. The van der Waals surface area contributed by atoms with E-state index < -0.39 is 0 Å². The summed E-state index contributed by atoms with van der Waals surface area (Å²) in [5.74, 6) is 1.82. The summed E-state index contributed by atoms with van der Waals surface area (Å²) in [6.45, 7) is 2.67. The van der Waals surface area contributed by atoms with Gasteiger partial charge in [-0.3, -0.25) is 0 Å². The molecule has 1 aliphatic heterocycles. The van der Waals surface area contributed by atoms with Crippen LogP contribution in [0.4, 0.5) is 0 Å². The molecule has 4 rings (SSSR count). The van der Waals surface area contributed by atoms with Crippen molar-refractivity contribution in [3.05, 3.63) is 54.2 Å². The first-order valence-electron chi connectivity index (χ1n) is 8.40. The van der Waals surface area contributed by atoms with Crippen LogP contribution in [0.1, 0.15) is 50.2 Å². The Morgan fingerprint density at radius 2 is 1.96 bits per heavy atom. The van der Waals surface area contributed by atoms with Crippen LogP contribution in [0.25, 0.3) is 10.8 Å². The van der Waals surface area contributed by atoms with E-state index in [0.717, 1.165) is 37.0 Å². The molecule has 0 unspecified atom stereocenters. The van der Waals surface area contributed by atoms with Crippen molar-refractivity contribution in [2.45, 2.75) is 38.4 Å². The van der Waals surface area contributed by atoms with Gasteiger partial charge in [-0.15, -0.1) is 10.2 Å². The SMILES string of the molecule is C[C@H](Oc1ccc2ccccc2c1)c1nnc([C@H]2CCCCO2)o1. The Bertz CT molecular complexity index is 824. The third kappa shape index (κ3) is 3.12. The first-order valence-corrected chi connectivity index (χ1v) is 8.40. The van der Waals surface area contributed by atoms with Crippen molar-refractivity contribution in [2.24, 2.45) is 0 Å². The van der Waals surface area contributed by atoms with Crippen molar-refractivity contribution in [1.29, 1.82) is 0 Å². The van der Waals surface area contributed by atoms with Gasteiger partial charge in [0, 0.05) is 6.61 Å². The number of rotatable bonds is 4. The molecule has 3 aromatic rings. The number of nitrogens with zero attached hydrogens (tertiary/aromatic N) is 2. The van der Waals surface area contributed by atoms with E-state index >= 15 is 0 Å². The largest absolute Gasteiger partial charge is 0.481 e. The average molecular weight is 324 g/mol. The van der Waals surface area contributed by atoms with Gasteiger partial charge in [0.2, 0.25) is 5.89 Å². The maximum absolute atomic E-state index is 5.97. The van der Waals surface area contributed by atoms with E-state index in [1.165, 1.54) is 5.39 Å².